The Bertz CT molecular complexity index is 398. The summed E-state index contributed by atoms with van der Waals surface area (Å²) in [5, 5.41) is 8.87. The van der Waals surface area contributed by atoms with Gasteiger partial charge in [0.1, 0.15) is 0 Å². The molecule has 1 atom stereocenters. The van der Waals surface area contributed by atoms with E-state index < -0.39 is 12.1 Å². The minimum absolute atomic E-state index is 0.237. The predicted octanol–water partition coefficient (Wildman–Crippen LogP) is 2.67. The van der Waals surface area contributed by atoms with Crippen LogP contribution >= 0.6 is 0 Å². The van der Waals surface area contributed by atoms with Gasteiger partial charge in [0.05, 0.1) is 7.11 Å². The number of aliphatic carboxylic acids is 1. The summed E-state index contributed by atoms with van der Waals surface area (Å²) in [6, 6.07) is 5.54. The molecule has 0 fully saturated rings. The number of para-hydroxylation sites is 1. The maximum Gasteiger partial charge on any atom is 0.344 e. The van der Waals surface area contributed by atoms with E-state index in [9.17, 15) is 4.79 Å². The number of hydrogen-bond acceptors (Lipinski definition) is 3. The van der Waals surface area contributed by atoms with E-state index in [0.717, 1.165) is 5.56 Å². The van der Waals surface area contributed by atoms with E-state index in [0.29, 0.717) is 11.5 Å². The number of rotatable bonds is 5. The van der Waals surface area contributed by atoms with Crippen molar-refractivity contribution in [2.24, 2.45) is 0 Å². The van der Waals surface area contributed by atoms with E-state index in [1.165, 1.54) is 14.0 Å². The first kappa shape index (κ1) is 13.4. The summed E-state index contributed by atoms with van der Waals surface area (Å²) in [6.45, 7) is 5.54. The van der Waals surface area contributed by atoms with Crippen molar-refractivity contribution in [3.63, 3.8) is 0 Å². The average molecular weight is 238 g/mol. The first-order valence-corrected chi connectivity index (χ1v) is 5.53. The molecule has 0 radical (unpaired) electrons. The normalized spacial score (nSPS) is 12.3. The highest BCUT2D eigenvalue weighted by Gasteiger charge is 2.19. The zero-order chi connectivity index (χ0) is 13.0. The lowest BCUT2D eigenvalue weighted by Gasteiger charge is -2.19. The van der Waals surface area contributed by atoms with E-state index in [2.05, 4.69) is 0 Å². The summed E-state index contributed by atoms with van der Waals surface area (Å²) in [5.41, 5.74) is 0.942. The quantitative estimate of drug-likeness (QED) is 0.856. The van der Waals surface area contributed by atoms with Crippen molar-refractivity contribution < 1.29 is 19.4 Å². The molecule has 0 spiro atoms. The van der Waals surface area contributed by atoms with Gasteiger partial charge in [0.15, 0.2) is 17.6 Å². The fraction of sp³-hybridized carbons (Fsp3) is 0.462. The van der Waals surface area contributed by atoms with Crippen LogP contribution in [0.5, 0.6) is 11.5 Å². The van der Waals surface area contributed by atoms with Crippen LogP contribution in [-0.4, -0.2) is 24.3 Å². The molecule has 0 saturated carbocycles. The fourth-order valence-electron chi connectivity index (χ4n) is 1.50. The van der Waals surface area contributed by atoms with Crippen molar-refractivity contribution in [2.75, 3.05) is 7.11 Å². The summed E-state index contributed by atoms with van der Waals surface area (Å²) in [4.78, 5) is 10.8. The van der Waals surface area contributed by atoms with Crippen molar-refractivity contribution in [3.8, 4) is 11.5 Å². The lowest BCUT2D eigenvalue weighted by atomic mass is 10.0. The molecule has 94 valence electrons. The topological polar surface area (TPSA) is 55.8 Å². The minimum Gasteiger partial charge on any atom is -0.493 e. The molecular formula is C13H18O4. The zero-order valence-electron chi connectivity index (χ0n) is 10.6. The van der Waals surface area contributed by atoms with E-state index in [1.54, 1.807) is 6.07 Å². The van der Waals surface area contributed by atoms with E-state index in [1.807, 2.05) is 26.0 Å². The van der Waals surface area contributed by atoms with Gasteiger partial charge in [0, 0.05) is 5.56 Å². The summed E-state index contributed by atoms with van der Waals surface area (Å²) in [6.07, 6.45) is -0.899. The highest BCUT2D eigenvalue weighted by molar-refractivity contribution is 5.72. The van der Waals surface area contributed by atoms with E-state index in [4.69, 9.17) is 14.6 Å². The van der Waals surface area contributed by atoms with Crippen molar-refractivity contribution in [1.82, 2.24) is 0 Å². The average Bonchev–Trinajstić information content (AvgIpc) is 2.28. The van der Waals surface area contributed by atoms with Crippen molar-refractivity contribution >= 4 is 5.97 Å². The molecule has 0 aliphatic rings. The number of ether oxygens (including phenoxy) is 2. The molecule has 1 N–H and O–H groups in total. The molecule has 1 aromatic rings. The van der Waals surface area contributed by atoms with Gasteiger partial charge in [0.2, 0.25) is 0 Å². The predicted molar refractivity (Wildman–Crippen MR) is 64.8 cm³/mol. The summed E-state index contributed by atoms with van der Waals surface area (Å²) < 4.78 is 10.7. The minimum atomic E-state index is -0.995. The van der Waals surface area contributed by atoms with Crippen LogP contribution in [0.3, 0.4) is 0 Å². The van der Waals surface area contributed by atoms with Gasteiger partial charge >= 0.3 is 5.97 Å². The molecule has 4 heteroatoms. The zero-order valence-corrected chi connectivity index (χ0v) is 10.6. The van der Waals surface area contributed by atoms with Gasteiger partial charge in [-0.3, -0.25) is 0 Å². The molecule has 0 heterocycles. The molecule has 1 unspecified atom stereocenters. The van der Waals surface area contributed by atoms with Gasteiger partial charge in [-0.25, -0.2) is 4.79 Å². The van der Waals surface area contributed by atoms with Gasteiger partial charge < -0.3 is 14.6 Å². The summed E-state index contributed by atoms with van der Waals surface area (Å²) >= 11 is 0. The molecule has 0 bridgehead atoms. The molecule has 17 heavy (non-hydrogen) atoms. The molecule has 0 aliphatic carbocycles. The fourth-order valence-corrected chi connectivity index (χ4v) is 1.50. The van der Waals surface area contributed by atoms with Crippen LogP contribution in [0.2, 0.25) is 0 Å². The van der Waals surface area contributed by atoms with Crippen LogP contribution in [0.25, 0.3) is 0 Å². The summed E-state index contributed by atoms with van der Waals surface area (Å²) in [5.74, 6) is 0.316. The van der Waals surface area contributed by atoms with Crippen LogP contribution in [0.15, 0.2) is 18.2 Å². The Morgan fingerprint density at radius 1 is 1.29 bits per heavy atom. The Balaban J connectivity index is 3.13. The number of carboxylic acids is 1. The smallest absolute Gasteiger partial charge is 0.344 e. The first-order valence-electron chi connectivity index (χ1n) is 5.53. The van der Waals surface area contributed by atoms with E-state index >= 15 is 0 Å². The molecule has 0 amide bonds. The monoisotopic (exact) mass is 238 g/mol. The third-order valence-electron chi connectivity index (χ3n) is 2.49. The number of methoxy groups -OCH3 is 1. The number of hydrogen-bond donors (Lipinski definition) is 1. The Hall–Kier alpha value is -1.71. The SMILES string of the molecule is COc1cccc(C(C)C)c1OC(C)C(=O)O. The second kappa shape index (κ2) is 5.57. The first-order chi connectivity index (χ1) is 7.97. The Morgan fingerprint density at radius 3 is 2.41 bits per heavy atom. The molecular weight excluding hydrogens is 220 g/mol. The van der Waals surface area contributed by atoms with Gasteiger partial charge in [-0.1, -0.05) is 26.0 Å². The highest BCUT2D eigenvalue weighted by atomic mass is 16.5. The van der Waals surface area contributed by atoms with Gasteiger partial charge in [0.25, 0.3) is 0 Å². The molecule has 0 aliphatic heterocycles. The van der Waals surface area contributed by atoms with Gasteiger partial charge in [-0.15, -0.1) is 0 Å². The number of benzene rings is 1. The van der Waals surface area contributed by atoms with Crippen LogP contribution in [0, 0.1) is 0 Å². The molecule has 1 rings (SSSR count). The number of carbonyl (C=O) groups is 1. The van der Waals surface area contributed by atoms with Crippen LogP contribution in [0.4, 0.5) is 0 Å². The van der Waals surface area contributed by atoms with Crippen molar-refractivity contribution in [1.29, 1.82) is 0 Å². The Labute approximate surface area is 101 Å². The third-order valence-corrected chi connectivity index (χ3v) is 2.49. The summed E-state index contributed by atoms with van der Waals surface area (Å²) in [7, 11) is 1.54. The Kier molecular flexibility index (Phi) is 4.37. The lowest BCUT2D eigenvalue weighted by molar-refractivity contribution is -0.144. The molecule has 0 saturated heterocycles. The second-order valence-corrected chi connectivity index (χ2v) is 4.13. The van der Waals surface area contributed by atoms with Crippen LogP contribution < -0.4 is 9.47 Å². The third kappa shape index (κ3) is 3.12. The van der Waals surface area contributed by atoms with Crippen LogP contribution in [0.1, 0.15) is 32.3 Å². The van der Waals surface area contributed by atoms with Crippen molar-refractivity contribution in [3.05, 3.63) is 23.8 Å². The van der Waals surface area contributed by atoms with Gasteiger partial charge in [-0.05, 0) is 18.9 Å². The Morgan fingerprint density at radius 2 is 1.94 bits per heavy atom. The van der Waals surface area contributed by atoms with Gasteiger partial charge in [-0.2, -0.15) is 0 Å². The maximum absolute atomic E-state index is 10.8. The largest absolute Gasteiger partial charge is 0.493 e. The van der Waals surface area contributed by atoms with E-state index in [-0.39, 0.29) is 5.92 Å². The maximum atomic E-state index is 10.8. The second-order valence-electron chi connectivity index (χ2n) is 4.13. The molecule has 4 nitrogen and oxygen atoms in total. The standard InChI is InChI=1S/C13H18O4/c1-8(2)10-6-5-7-11(16-4)12(10)17-9(3)13(14)15/h5-9H,1-4H3,(H,14,15). The number of carboxylic acid groups (broad SMARTS) is 1. The molecule has 0 aromatic heterocycles. The molecule has 1 aromatic carbocycles. The lowest BCUT2D eigenvalue weighted by Crippen LogP contribution is -2.23. The van der Waals surface area contributed by atoms with Crippen molar-refractivity contribution in [2.45, 2.75) is 32.8 Å². The van der Waals surface area contributed by atoms with Crippen LogP contribution in [-0.2, 0) is 4.79 Å². The highest BCUT2D eigenvalue weighted by Crippen LogP contribution is 2.36.